The molecule has 0 unspecified atom stereocenters. The summed E-state index contributed by atoms with van der Waals surface area (Å²) in [6.07, 6.45) is 4.62. The van der Waals surface area contributed by atoms with Crippen molar-refractivity contribution in [1.82, 2.24) is 5.32 Å². The normalized spacial score (nSPS) is 12.2. The fourth-order valence-corrected chi connectivity index (χ4v) is 1.92. The third kappa shape index (κ3) is 5.05. The molecule has 0 aromatic heterocycles. The summed E-state index contributed by atoms with van der Waals surface area (Å²) in [5.41, 5.74) is 4.20. The molecule has 1 aromatic carbocycles. The van der Waals surface area contributed by atoms with Crippen LogP contribution in [0, 0.1) is 0 Å². The van der Waals surface area contributed by atoms with Gasteiger partial charge in [-0.1, -0.05) is 63.6 Å². The van der Waals surface area contributed by atoms with Crippen LogP contribution in [0.3, 0.4) is 0 Å². The largest absolute Gasteiger partial charge is 0.313 e. The molecule has 0 atom stereocenters. The van der Waals surface area contributed by atoms with Crippen molar-refractivity contribution in [3.63, 3.8) is 0 Å². The summed E-state index contributed by atoms with van der Waals surface area (Å²) in [5.74, 6) is 0.611. The molecule has 0 aliphatic carbocycles. The third-order valence-corrected chi connectivity index (χ3v) is 3.21. The van der Waals surface area contributed by atoms with Crippen LogP contribution < -0.4 is 5.32 Å². The smallest absolute Gasteiger partial charge is 0.0167 e. The van der Waals surface area contributed by atoms with Gasteiger partial charge in [0.25, 0.3) is 0 Å². The zero-order valence-electron chi connectivity index (χ0n) is 12.3. The first kappa shape index (κ1) is 15.0. The van der Waals surface area contributed by atoms with E-state index in [0.717, 1.165) is 19.5 Å². The summed E-state index contributed by atoms with van der Waals surface area (Å²) in [6.45, 7) is 11.0. The Kier molecular flexibility index (Phi) is 6.74. The molecular formula is C17H27N. The molecular weight excluding hydrogens is 218 g/mol. The zero-order chi connectivity index (χ0) is 13.4. The fraction of sp³-hybridized carbons (Fsp3) is 0.529. The molecule has 1 aromatic rings. The predicted molar refractivity (Wildman–Crippen MR) is 82.0 cm³/mol. The van der Waals surface area contributed by atoms with Gasteiger partial charge in [0.05, 0.1) is 0 Å². The predicted octanol–water partition coefficient (Wildman–Crippen LogP) is 4.60. The van der Waals surface area contributed by atoms with Gasteiger partial charge < -0.3 is 5.32 Å². The molecule has 0 spiro atoms. The molecule has 0 radical (unpaired) electrons. The highest BCUT2D eigenvalue weighted by atomic mass is 14.8. The molecule has 1 N–H and O–H groups in total. The molecule has 0 bridgehead atoms. The number of benzene rings is 1. The van der Waals surface area contributed by atoms with E-state index in [1.807, 2.05) is 0 Å². The van der Waals surface area contributed by atoms with Gasteiger partial charge in [0.2, 0.25) is 0 Å². The lowest BCUT2D eigenvalue weighted by Gasteiger charge is -2.08. The molecule has 1 heteroatoms. The minimum atomic E-state index is 0.611. The summed E-state index contributed by atoms with van der Waals surface area (Å²) in [4.78, 5) is 0. The molecule has 0 saturated heterocycles. The van der Waals surface area contributed by atoms with Gasteiger partial charge in [0, 0.05) is 6.54 Å². The summed E-state index contributed by atoms with van der Waals surface area (Å²) in [7, 11) is 0. The van der Waals surface area contributed by atoms with Crippen LogP contribution in [-0.2, 0) is 0 Å². The maximum absolute atomic E-state index is 3.47. The second-order valence-corrected chi connectivity index (χ2v) is 5.15. The maximum atomic E-state index is 3.47. The van der Waals surface area contributed by atoms with Crippen LogP contribution in [0.2, 0.25) is 0 Å². The Hall–Kier alpha value is -1.08. The van der Waals surface area contributed by atoms with E-state index in [9.17, 15) is 0 Å². The van der Waals surface area contributed by atoms with E-state index in [1.165, 1.54) is 23.1 Å². The Labute approximate surface area is 112 Å². The van der Waals surface area contributed by atoms with Crippen LogP contribution in [0.1, 0.15) is 57.6 Å². The van der Waals surface area contributed by atoms with Crippen molar-refractivity contribution in [2.45, 2.75) is 46.5 Å². The van der Waals surface area contributed by atoms with E-state index >= 15 is 0 Å². The average molecular weight is 245 g/mol. The van der Waals surface area contributed by atoms with E-state index in [-0.39, 0.29) is 0 Å². The van der Waals surface area contributed by atoms with Crippen LogP contribution in [0.4, 0.5) is 0 Å². The van der Waals surface area contributed by atoms with E-state index in [0.29, 0.717) is 5.92 Å². The van der Waals surface area contributed by atoms with Gasteiger partial charge >= 0.3 is 0 Å². The molecule has 0 aliphatic rings. The maximum Gasteiger partial charge on any atom is 0.0167 e. The minimum absolute atomic E-state index is 0.611. The molecule has 0 aliphatic heterocycles. The lowest BCUT2D eigenvalue weighted by molar-refractivity contribution is 0.706. The van der Waals surface area contributed by atoms with Gasteiger partial charge in [-0.3, -0.25) is 0 Å². The molecule has 18 heavy (non-hydrogen) atoms. The second-order valence-electron chi connectivity index (χ2n) is 5.15. The highest BCUT2D eigenvalue weighted by molar-refractivity contribution is 5.53. The van der Waals surface area contributed by atoms with Crippen LogP contribution in [0.5, 0.6) is 0 Å². The Morgan fingerprint density at radius 3 is 2.33 bits per heavy atom. The summed E-state index contributed by atoms with van der Waals surface area (Å²) in [5, 5.41) is 3.47. The first-order valence-electron chi connectivity index (χ1n) is 7.17. The van der Waals surface area contributed by atoms with Gasteiger partial charge in [0.15, 0.2) is 0 Å². The second kappa shape index (κ2) is 8.10. The molecule has 0 saturated carbocycles. The Morgan fingerprint density at radius 1 is 1.17 bits per heavy atom. The van der Waals surface area contributed by atoms with Crippen LogP contribution in [-0.4, -0.2) is 13.1 Å². The number of rotatable bonds is 7. The van der Waals surface area contributed by atoms with Gasteiger partial charge in [-0.25, -0.2) is 0 Å². The Bertz CT molecular complexity index is 360. The standard InChI is InChI=1S/C17H27N/c1-5-11-18-13-15(6-2)12-16-7-9-17(10-8-16)14(3)4/h7-10,12,14,18H,5-6,11,13H2,1-4H3. The monoisotopic (exact) mass is 245 g/mol. The third-order valence-electron chi connectivity index (χ3n) is 3.21. The van der Waals surface area contributed by atoms with Gasteiger partial charge in [-0.2, -0.15) is 0 Å². The first-order chi connectivity index (χ1) is 8.67. The van der Waals surface area contributed by atoms with Crippen molar-refractivity contribution in [2.24, 2.45) is 0 Å². The van der Waals surface area contributed by atoms with E-state index in [2.05, 4.69) is 63.4 Å². The van der Waals surface area contributed by atoms with Crippen molar-refractivity contribution in [2.75, 3.05) is 13.1 Å². The molecule has 0 heterocycles. The molecule has 0 amide bonds. The van der Waals surface area contributed by atoms with E-state index < -0.39 is 0 Å². The van der Waals surface area contributed by atoms with Crippen LogP contribution in [0.25, 0.3) is 6.08 Å². The lowest BCUT2D eigenvalue weighted by Crippen LogP contribution is -2.17. The van der Waals surface area contributed by atoms with Crippen molar-refractivity contribution in [1.29, 1.82) is 0 Å². The van der Waals surface area contributed by atoms with Gasteiger partial charge in [-0.15, -0.1) is 0 Å². The quantitative estimate of drug-likeness (QED) is 0.692. The van der Waals surface area contributed by atoms with Crippen molar-refractivity contribution >= 4 is 6.08 Å². The number of hydrogen-bond donors (Lipinski definition) is 1. The van der Waals surface area contributed by atoms with Crippen molar-refractivity contribution in [3.8, 4) is 0 Å². The summed E-state index contributed by atoms with van der Waals surface area (Å²) in [6, 6.07) is 8.93. The van der Waals surface area contributed by atoms with Crippen molar-refractivity contribution in [3.05, 3.63) is 41.0 Å². The van der Waals surface area contributed by atoms with Crippen molar-refractivity contribution < 1.29 is 0 Å². The van der Waals surface area contributed by atoms with E-state index in [1.54, 1.807) is 0 Å². The van der Waals surface area contributed by atoms with E-state index in [4.69, 9.17) is 0 Å². The van der Waals surface area contributed by atoms with Gasteiger partial charge in [0.1, 0.15) is 0 Å². The zero-order valence-corrected chi connectivity index (χ0v) is 12.3. The highest BCUT2D eigenvalue weighted by Crippen LogP contribution is 2.16. The number of nitrogens with one attached hydrogen (secondary N) is 1. The average Bonchev–Trinajstić information content (AvgIpc) is 2.38. The van der Waals surface area contributed by atoms with Crippen LogP contribution in [0.15, 0.2) is 29.8 Å². The lowest BCUT2D eigenvalue weighted by atomic mass is 10.0. The molecule has 1 nitrogen and oxygen atoms in total. The molecule has 1 rings (SSSR count). The molecule has 100 valence electrons. The Morgan fingerprint density at radius 2 is 1.83 bits per heavy atom. The molecule has 0 fully saturated rings. The highest BCUT2D eigenvalue weighted by Gasteiger charge is 1.99. The summed E-state index contributed by atoms with van der Waals surface area (Å²) < 4.78 is 0. The fourth-order valence-electron chi connectivity index (χ4n) is 1.92. The SMILES string of the molecule is CCCNCC(=Cc1ccc(C(C)C)cc1)CC. The number of hydrogen-bond acceptors (Lipinski definition) is 1. The topological polar surface area (TPSA) is 12.0 Å². The van der Waals surface area contributed by atoms with Crippen LogP contribution >= 0.6 is 0 Å². The minimum Gasteiger partial charge on any atom is -0.313 e. The summed E-state index contributed by atoms with van der Waals surface area (Å²) >= 11 is 0. The Balaban J connectivity index is 2.66. The first-order valence-corrected chi connectivity index (χ1v) is 7.17. The van der Waals surface area contributed by atoms with Gasteiger partial charge in [-0.05, 0) is 36.4 Å².